The minimum Gasteiger partial charge on any atom is -0.380 e. The fourth-order valence-electron chi connectivity index (χ4n) is 2.49. The second-order valence-corrected chi connectivity index (χ2v) is 4.95. The van der Waals surface area contributed by atoms with Crippen LogP contribution in [-0.2, 0) is 19.1 Å². The second kappa shape index (κ2) is 4.31. The maximum absolute atomic E-state index is 10.6. The maximum Gasteiger partial charge on any atom is 0.141 e. The fourth-order valence-corrected chi connectivity index (χ4v) is 2.49. The Morgan fingerprint density at radius 3 is 2.79 bits per heavy atom. The minimum atomic E-state index is -0.831. The summed E-state index contributed by atoms with van der Waals surface area (Å²) < 4.78 is 1.72. The van der Waals surface area contributed by atoms with Gasteiger partial charge >= 0.3 is 0 Å². The molecule has 2 aromatic heterocycles. The first-order valence-corrected chi connectivity index (χ1v) is 6.39. The molecule has 0 spiro atoms. The summed E-state index contributed by atoms with van der Waals surface area (Å²) in [6.07, 6.45) is 4.17. The molecule has 0 atom stereocenters. The maximum atomic E-state index is 10.6. The Hall–Kier alpha value is -1.95. The van der Waals surface area contributed by atoms with Gasteiger partial charge in [0.15, 0.2) is 0 Å². The number of aromatic nitrogens is 4. The first-order valence-electron chi connectivity index (χ1n) is 6.39. The average molecular weight is 259 g/mol. The van der Waals surface area contributed by atoms with E-state index in [1.165, 1.54) is 0 Å². The van der Waals surface area contributed by atoms with Crippen LogP contribution in [0.4, 0.5) is 5.82 Å². The van der Waals surface area contributed by atoms with E-state index >= 15 is 0 Å². The Bertz CT molecular complexity index is 588. The molecule has 0 saturated carbocycles. The third-order valence-corrected chi connectivity index (χ3v) is 3.60. The first-order chi connectivity index (χ1) is 9.12. The summed E-state index contributed by atoms with van der Waals surface area (Å²) in [6.45, 7) is 3.13. The van der Waals surface area contributed by atoms with Crippen LogP contribution in [0.1, 0.15) is 18.3 Å². The molecule has 3 heterocycles. The predicted molar refractivity (Wildman–Crippen MR) is 70.7 cm³/mol. The molecule has 2 aromatic rings. The van der Waals surface area contributed by atoms with Crippen LogP contribution in [0, 0.1) is 0 Å². The van der Waals surface area contributed by atoms with Gasteiger partial charge < -0.3 is 10.0 Å². The van der Waals surface area contributed by atoms with Gasteiger partial charge in [0.05, 0.1) is 18.8 Å². The monoisotopic (exact) mass is 259 g/mol. The van der Waals surface area contributed by atoms with Gasteiger partial charge in [-0.3, -0.25) is 4.68 Å². The number of aliphatic hydroxyl groups is 1. The van der Waals surface area contributed by atoms with Gasteiger partial charge in [-0.05, 0) is 12.5 Å². The van der Waals surface area contributed by atoms with Crippen LogP contribution in [0.5, 0.6) is 0 Å². The van der Waals surface area contributed by atoms with E-state index in [0.29, 0.717) is 13.1 Å². The van der Waals surface area contributed by atoms with Crippen molar-refractivity contribution in [3.8, 4) is 0 Å². The van der Waals surface area contributed by atoms with E-state index in [0.717, 1.165) is 23.6 Å². The molecule has 0 bridgehead atoms. The number of anilines is 1. The van der Waals surface area contributed by atoms with Crippen molar-refractivity contribution in [1.29, 1.82) is 0 Å². The lowest BCUT2D eigenvalue weighted by Crippen LogP contribution is -2.60. The number of aryl methyl sites for hydroxylation is 2. The van der Waals surface area contributed by atoms with Gasteiger partial charge in [0.25, 0.3) is 0 Å². The Labute approximate surface area is 111 Å². The Morgan fingerprint density at radius 1 is 1.37 bits per heavy atom. The molecule has 0 aromatic carbocycles. The van der Waals surface area contributed by atoms with Crippen molar-refractivity contribution >= 4 is 5.82 Å². The SMILES string of the molecule is CCc1cc(N2CC(O)(c3ccnn3C)C2)ncn1. The third kappa shape index (κ3) is 1.98. The molecular weight excluding hydrogens is 242 g/mol. The zero-order valence-corrected chi connectivity index (χ0v) is 11.1. The largest absolute Gasteiger partial charge is 0.380 e. The van der Waals surface area contributed by atoms with E-state index < -0.39 is 5.60 Å². The molecule has 100 valence electrons. The van der Waals surface area contributed by atoms with Gasteiger partial charge in [-0.15, -0.1) is 0 Å². The number of β-amino-alcohol motifs (C(OH)–C–C–N with tert-alkyl or cyclic N) is 1. The second-order valence-electron chi connectivity index (χ2n) is 4.95. The minimum absolute atomic E-state index is 0.534. The van der Waals surface area contributed by atoms with Crippen molar-refractivity contribution in [2.75, 3.05) is 18.0 Å². The third-order valence-electron chi connectivity index (χ3n) is 3.60. The van der Waals surface area contributed by atoms with E-state index in [9.17, 15) is 5.11 Å². The zero-order chi connectivity index (χ0) is 13.5. The lowest BCUT2D eigenvalue weighted by Gasteiger charge is -2.46. The predicted octanol–water partition coefficient (Wildman–Crippen LogP) is 0.480. The summed E-state index contributed by atoms with van der Waals surface area (Å²) in [5.41, 5.74) is 1.03. The summed E-state index contributed by atoms with van der Waals surface area (Å²) >= 11 is 0. The summed E-state index contributed by atoms with van der Waals surface area (Å²) in [7, 11) is 1.84. The number of hydrogen-bond acceptors (Lipinski definition) is 5. The molecular formula is C13H17N5O. The summed E-state index contributed by atoms with van der Waals surface area (Å²) in [5.74, 6) is 0.874. The molecule has 1 fully saturated rings. The molecule has 6 nitrogen and oxygen atoms in total. The van der Waals surface area contributed by atoms with Crippen molar-refractivity contribution in [3.05, 3.63) is 36.0 Å². The van der Waals surface area contributed by atoms with Crippen molar-refractivity contribution in [2.45, 2.75) is 18.9 Å². The molecule has 0 radical (unpaired) electrons. The molecule has 1 saturated heterocycles. The summed E-state index contributed by atoms with van der Waals surface area (Å²) in [5, 5.41) is 14.7. The molecule has 6 heteroatoms. The van der Waals surface area contributed by atoms with Gasteiger partial charge in [-0.1, -0.05) is 6.92 Å². The van der Waals surface area contributed by atoms with E-state index in [1.54, 1.807) is 17.2 Å². The zero-order valence-electron chi connectivity index (χ0n) is 11.1. The first kappa shape index (κ1) is 12.1. The van der Waals surface area contributed by atoms with Crippen LogP contribution in [-0.4, -0.2) is 37.9 Å². The van der Waals surface area contributed by atoms with Crippen LogP contribution < -0.4 is 4.90 Å². The number of hydrogen-bond donors (Lipinski definition) is 1. The van der Waals surface area contributed by atoms with Crippen molar-refractivity contribution in [1.82, 2.24) is 19.7 Å². The molecule has 0 aliphatic carbocycles. The molecule has 19 heavy (non-hydrogen) atoms. The van der Waals surface area contributed by atoms with E-state index in [4.69, 9.17) is 0 Å². The van der Waals surface area contributed by atoms with Crippen LogP contribution in [0.3, 0.4) is 0 Å². The number of rotatable bonds is 3. The standard InChI is InChI=1S/C13H17N5O/c1-3-10-6-12(15-9-14-10)18-7-13(19,8-18)11-4-5-16-17(11)2/h4-6,9,19H,3,7-8H2,1-2H3. The van der Waals surface area contributed by atoms with Gasteiger partial charge in [-0.25, -0.2) is 9.97 Å². The van der Waals surface area contributed by atoms with Gasteiger partial charge in [0.2, 0.25) is 0 Å². The average Bonchev–Trinajstić information content (AvgIpc) is 2.82. The molecule has 0 amide bonds. The van der Waals surface area contributed by atoms with Crippen LogP contribution >= 0.6 is 0 Å². The quantitative estimate of drug-likeness (QED) is 0.868. The normalized spacial score (nSPS) is 17.3. The lowest BCUT2D eigenvalue weighted by atomic mass is 9.90. The highest BCUT2D eigenvalue weighted by Crippen LogP contribution is 2.34. The van der Waals surface area contributed by atoms with E-state index in [-0.39, 0.29) is 0 Å². The van der Waals surface area contributed by atoms with Crippen LogP contribution in [0.2, 0.25) is 0 Å². The fraction of sp³-hybridized carbons (Fsp3) is 0.462. The highest BCUT2D eigenvalue weighted by atomic mass is 16.3. The molecule has 1 aliphatic heterocycles. The Balaban J connectivity index is 1.77. The topological polar surface area (TPSA) is 67.1 Å². The van der Waals surface area contributed by atoms with Gasteiger partial charge in [0.1, 0.15) is 17.7 Å². The van der Waals surface area contributed by atoms with Crippen LogP contribution in [0.15, 0.2) is 24.7 Å². The Morgan fingerprint density at radius 2 is 2.16 bits per heavy atom. The highest BCUT2D eigenvalue weighted by molar-refractivity contribution is 5.45. The Kier molecular flexibility index (Phi) is 2.74. The van der Waals surface area contributed by atoms with E-state index in [2.05, 4.69) is 22.0 Å². The lowest BCUT2D eigenvalue weighted by molar-refractivity contribution is -0.000512. The van der Waals surface area contributed by atoms with Gasteiger partial charge in [0, 0.05) is 25.0 Å². The van der Waals surface area contributed by atoms with Crippen molar-refractivity contribution in [2.24, 2.45) is 7.05 Å². The van der Waals surface area contributed by atoms with Crippen molar-refractivity contribution in [3.63, 3.8) is 0 Å². The van der Waals surface area contributed by atoms with E-state index in [1.807, 2.05) is 24.1 Å². The summed E-state index contributed by atoms with van der Waals surface area (Å²) in [4.78, 5) is 10.5. The summed E-state index contributed by atoms with van der Waals surface area (Å²) in [6, 6.07) is 3.83. The highest BCUT2D eigenvalue weighted by Gasteiger charge is 2.45. The molecule has 1 aliphatic rings. The smallest absolute Gasteiger partial charge is 0.141 e. The van der Waals surface area contributed by atoms with Gasteiger partial charge in [-0.2, -0.15) is 5.10 Å². The van der Waals surface area contributed by atoms with Crippen LogP contribution in [0.25, 0.3) is 0 Å². The molecule has 3 rings (SSSR count). The van der Waals surface area contributed by atoms with Crippen molar-refractivity contribution < 1.29 is 5.11 Å². The molecule has 1 N–H and O–H groups in total. The number of nitrogens with zero attached hydrogens (tertiary/aromatic N) is 5. The molecule has 0 unspecified atom stereocenters.